The number of hydrogen-bond donors (Lipinski definition) is 3. The van der Waals surface area contributed by atoms with E-state index in [9.17, 15) is 8.42 Å². The summed E-state index contributed by atoms with van der Waals surface area (Å²) in [5.41, 5.74) is 2.05. The van der Waals surface area contributed by atoms with Crippen LogP contribution in [0.1, 0.15) is 24.0 Å². The molecule has 1 aliphatic rings. The van der Waals surface area contributed by atoms with Crippen LogP contribution in [0.25, 0.3) is 0 Å². The molecule has 168 valence electrons. The SMILES string of the molecule is CN=C(NCc1ccc(OC)cc1)NCc1ccc(S(=O)(=O)NCC2CCCO2)cc1. The fourth-order valence-corrected chi connectivity index (χ4v) is 4.28. The smallest absolute Gasteiger partial charge is 0.240 e. The Hall–Kier alpha value is -2.62. The summed E-state index contributed by atoms with van der Waals surface area (Å²) in [4.78, 5) is 4.47. The normalized spacial score (nSPS) is 16.8. The van der Waals surface area contributed by atoms with E-state index in [1.165, 1.54) is 0 Å². The average Bonchev–Trinajstić information content (AvgIpc) is 3.32. The number of benzene rings is 2. The van der Waals surface area contributed by atoms with Crippen molar-refractivity contribution >= 4 is 16.0 Å². The van der Waals surface area contributed by atoms with E-state index >= 15 is 0 Å². The van der Waals surface area contributed by atoms with E-state index in [0.717, 1.165) is 29.7 Å². The highest BCUT2D eigenvalue weighted by atomic mass is 32.2. The molecule has 1 fully saturated rings. The summed E-state index contributed by atoms with van der Waals surface area (Å²) < 4.78 is 38.2. The standard InChI is InChI=1S/C22H30N4O4S/c1-23-22(24-14-17-5-9-19(29-2)10-6-17)25-15-18-7-11-21(12-8-18)31(27,28)26-16-20-4-3-13-30-20/h5-12,20,26H,3-4,13-16H2,1-2H3,(H2,23,24,25). The molecule has 2 aromatic rings. The number of aliphatic imine (C=N–C) groups is 1. The molecule has 0 radical (unpaired) electrons. The van der Waals surface area contributed by atoms with Gasteiger partial charge in [0.1, 0.15) is 5.75 Å². The molecule has 3 N–H and O–H groups in total. The predicted octanol–water partition coefficient (Wildman–Crippen LogP) is 2.02. The van der Waals surface area contributed by atoms with Crippen LogP contribution in [-0.2, 0) is 27.8 Å². The highest BCUT2D eigenvalue weighted by molar-refractivity contribution is 7.89. The van der Waals surface area contributed by atoms with Crippen LogP contribution in [0.5, 0.6) is 5.75 Å². The Morgan fingerprint density at radius 2 is 1.68 bits per heavy atom. The van der Waals surface area contributed by atoms with E-state index < -0.39 is 10.0 Å². The number of hydrogen-bond acceptors (Lipinski definition) is 5. The number of methoxy groups -OCH3 is 1. The van der Waals surface area contributed by atoms with E-state index in [0.29, 0.717) is 32.2 Å². The second kappa shape index (κ2) is 11.1. The molecule has 8 nitrogen and oxygen atoms in total. The average molecular weight is 447 g/mol. The first kappa shape index (κ1) is 23.1. The number of rotatable bonds is 9. The van der Waals surface area contributed by atoms with Gasteiger partial charge in [-0.25, -0.2) is 13.1 Å². The summed E-state index contributed by atoms with van der Waals surface area (Å²) in [6, 6.07) is 14.6. The lowest BCUT2D eigenvalue weighted by Gasteiger charge is -2.13. The zero-order chi connectivity index (χ0) is 22.1. The molecular weight excluding hydrogens is 416 g/mol. The van der Waals surface area contributed by atoms with Gasteiger partial charge in [-0.2, -0.15) is 0 Å². The second-order valence-corrected chi connectivity index (χ2v) is 9.03. The Morgan fingerprint density at radius 3 is 2.19 bits per heavy atom. The molecule has 1 aliphatic heterocycles. The van der Waals surface area contributed by atoms with Crippen molar-refractivity contribution in [2.75, 3.05) is 27.3 Å². The van der Waals surface area contributed by atoms with Gasteiger partial charge in [-0.3, -0.25) is 4.99 Å². The van der Waals surface area contributed by atoms with Crippen molar-refractivity contribution in [3.05, 3.63) is 59.7 Å². The van der Waals surface area contributed by atoms with Crippen molar-refractivity contribution in [1.82, 2.24) is 15.4 Å². The topological polar surface area (TPSA) is 101 Å². The first-order valence-electron chi connectivity index (χ1n) is 10.3. The lowest BCUT2D eigenvalue weighted by Crippen LogP contribution is -2.36. The summed E-state index contributed by atoms with van der Waals surface area (Å²) in [6.45, 7) is 2.15. The number of nitrogens with zero attached hydrogens (tertiary/aromatic N) is 1. The summed E-state index contributed by atoms with van der Waals surface area (Å²) >= 11 is 0. The van der Waals surface area contributed by atoms with Crippen molar-refractivity contribution < 1.29 is 17.9 Å². The molecule has 9 heteroatoms. The molecule has 0 bridgehead atoms. The minimum atomic E-state index is -3.54. The first-order valence-corrected chi connectivity index (χ1v) is 11.8. The number of sulfonamides is 1. The van der Waals surface area contributed by atoms with Crippen LogP contribution in [0.15, 0.2) is 58.4 Å². The van der Waals surface area contributed by atoms with Crippen molar-refractivity contribution in [3.63, 3.8) is 0 Å². The lowest BCUT2D eigenvalue weighted by atomic mass is 10.2. The fraction of sp³-hybridized carbons (Fsp3) is 0.409. The minimum Gasteiger partial charge on any atom is -0.497 e. The van der Waals surface area contributed by atoms with Crippen LogP contribution in [0.3, 0.4) is 0 Å². The second-order valence-electron chi connectivity index (χ2n) is 7.26. The van der Waals surface area contributed by atoms with Gasteiger partial charge in [-0.05, 0) is 48.2 Å². The largest absolute Gasteiger partial charge is 0.497 e. The molecule has 0 aliphatic carbocycles. The van der Waals surface area contributed by atoms with Crippen molar-refractivity contribution in [1.29, 1.82) is 0 Å². The quantitative estimate of drug-likeness (QED) is 0.402. The van der Waals surface area contributed by atoms with E-state index in [2.05, 4.69) is 20.3 Å². The van der Waals surface area contributed by atoms with Gasteiger partial charge in [0.25, 0.3) is 0 Å². The van der Waals surface area contributed by atoms with Crippen LogP contribution in [0.4, 0.5) is 0 Å². The summed E-state index contributed by atoms with van der Waals surface area (Å²) in [5.74, 6) is 1.48. The Morgan fingerprint density at radius 1 is 1.06 bits per heavy atom. The van der Waals surface area contributed by atoms with Crippen LogP contribution in [-0.4, -0.2) is 47.8 Å². The maximum absolute atomic E-state index is 12.5. The Bertz CT molecular complexity index is 954. The maximum atomic E-state index is 12.5. The van der Waals surface area contributed by atoms with Crippen molar-refractivity contribution in [2.45, 2.75) is 36.9 Å². The van der Waals surface area contributed by atoms with E-state index in [4.69, 9.17) is 9.47 Å². The monoisotopic (exact) mass is 446 g/mol. The molecule has 31 heavy (non-hydrogen) atoms. The summed E-state index contributed by atoms with van der Waals surface area (Å²) in [5, 5.41) is 6.48. The Labute approximate surface area is 184 Å². The molecule has 1 unspecified atom stereocenters. The number of nitrogens with one attached hydrogen (secondary N) is 3. The predicted molar refractivity (Wildman–Crippen MR) is 121 cm³/mol. The third-order valence-corrected chi connectivity index (χ3v) is 6.50. The third-order valence-electron chi connectivity index (χ3n) is 5.06. The van der Waals surface area contributed by atoms with Gasteiger partial charge in [0.05, 0.1) is 18.1 Å². The molecule has 0 spiro atoms. The molecule has 1 heterocycles. The summed E-state index contributed by atoms with van der Waals surface area (Å²) in [6.07, 6.45) is 1.84. The zero-order valence-corrected chi connectivity index (χ0v) is 18.7. The number of guanidine groups is 1. The molecule has 3 rings (SSSR count). The minimum absolute atomic E-state index is 0.0320. The van der Waals surface area contributed by atoms with Gasteiger partial charge in [0.15, 0.2) is 5.96 Å². The third kappa shape index (κ3) is 6.95. The van der Waals surface area contributed by atoms with E-state index in [1.807, 2.05) is 24.3 Å². The summed E-state index contributed by atoms with van der Waals surface area (Å²) in [7, 11) is -0.191. The van der Waals surface area contributed by atoms with Gasteiger partial charge in [-0.15, -0.1) is 0 Å². The lowest BCUT2D eigenvalue weighted by molar-refractivity contribution is 0.114. The molecule has 1 saturated heterocycles. The van der Waals surface area contributed by atoms with Gasteiger partial charge in [-0.1, -0.05) is 24.3 Å². The highest BCUT2D eigenvalue weighted by Gasteiger charge is 2.20. The highest BCUT2D eigenvalue weighted by Crippen LogP contribution is 2.14. The van der Waals surface area contributed by atoms with Crippen LogP contribution >= 0.6 is 0 Å². The molecule has 2 aromatic carbocycles. The molecule has 0 amide bonds. The first-order chi connectivity index (χ1) is 15.0. The fourth-order valence-electron chi connectivity index (χ4n) is 3.21. The van der Waals surface area contributed by atoms with Crippen LogP contribution in [0.2, 0.25) is 0 Å². The zero-order valence-electron chi connectivity index (χ0n) is 17.9. The molecule has 0 saturated carbocycles. The molecule has 1 atom stereocenters. The van der Waals surface area contributed by atoms with Gasteiger partial charge < -0.3 is 20.1 Å². The van der Waals surface area contributed by atoms with Gasteiger partial charge >= 0.3 is 0 Å². The molecular formula is C22H30N4O4S. The van der Waals surface area contributed by atoms with Gasteiger partial charge in [0.2, 0.25) is 10.0 Å². The van der Waals surface area contributed by atoms with E-state index in [1.54, 1.807) is 38.4 Å². The maximum Gasteiger partial charge on any atom is 0.240 e. The van der Waals surface area contributed by atoms with Crippen molar-refractivity contribution in [2.24, 2.45) is 4.99 Å². The number of ether oxygens (including phenoxy) is 2. The van der Waals surface area contributed by atoms with Gasteiger partial charge in [0, 0.05) is 33.3 Å². The Balaban J connectivity index is 1.47. The van der Waals surface area contributed by atoms with Crippen LogP contribution < -0.4 is 20.1 Å². The molecule has 0 aromatic heterocycles. The van der Waals surface area contributed by atoms with E-state index in [-0.39, 0.29) is 11.0 Å². The van der Waals surface area contributed by atoms with Crippen LogP contribution in [0, 0.1) is 0 Å². The van der Waals surface area contributed by atoms with Crippen molar-refractivity contribution in [3.8, 4) is 5.75 Å². The Kier molecular flexibility index (Phi) is 8.27.